The molecule has 0 saturated heterocycles. The average Bonchev–Trinajstić information content (AvgIpc) is 2.77. The number of carbonyl (C=O) groups is 1. The molecular weight excluding hydrogens is 395 g/mol. The maximum atomic E-state index is 14.5. The zero-order valence-electron chi connectivity index (χ0n) is 16.8. The van der Waals surface area contributed by atoms with Crippen LogP contribution in [0.3, 0.4) is 0 Å². The van der Waals surface area contributed by atoms with Gasteiger partial charge in [-0.05, 0) is 24.1 Å². The monoisotopic (exact) mass is 422 g/mol. The Morgan fingerprint density at radius 2 is 1.70 bits per heavy atom. The van der Waals surface area contributed by atoms with Crippen LogP contribution in [0.25, 0.3) is 11.1 Å². The number of methoxy groups -OCH3 is 1. The molecule has 0 fully saturated rings. The Bertz CT molecular complexity index is 814. The molecule has 4 N–H and O–H groups in total. The number of rotatable bonds is 10. The molecule has 0 spiro atoms. The van der Waals surface area contributed by atoms with Crippen molar-refractivity contribution in [3.8, 4) is 11.1 Å². The molecule has 0 saturated carbocycles. The van der Waals surface area contributed by atoms with Crippen molar-refractivity contribution in [1.82, 2.24) is 0 Å². The van der Waals surface area contributed by atoms with Gasteiger partial charge < -0.3 is 29.9 Å². The molecule has 2 aromatic rings. The van der Waals surface area contributed by atoms with Gasteiger partial charge in [-0.15, -0.1) is 0 Å². The first-order valence-corrected chi connectivity index (χ1v) is 9.52. The van der Waals surface area contributed by atoms with Gasteiger partial charge in [0.25, 0.3) is 0 Å². The van der Waals surface area contributed by atoms with Gasteiger partial charge in [-0.1, -0.05) is 42.5 Å². The van der Waals surface area contributed by atoms with Crippen molar-refractivity contribution < 1.29 is 39.1 Å². The number of halogens is 1. The van der Waals surface area contributed by atoms with Crippen LogP contribution in [0, 0.1) is 5.82 Å². The van der Waals surface area contributed by atoms with Gasteiger partial charge in [-0.3, -0.25) is 4.79 Å². The molecule has 2 aromatic carbocycles. The Labute approximate surface area is 174 Å². The molecule has 164 valence electrons. The quantitative estimate of drug-likeness (QED) is 0.339. The first-order chi connectivity index (χ1) is 14.3. The Morgan fingerprint density at radius 3 is 2.30 bits per heavy atom. The van der Waals surface area contributed by atoms with E-state index in [4.69, 9.17) is 4.74 Å². The highest BCUT2D eigenvalue weighted by Crippen LogP contribution is 2.26. The lowest BCUT2D eigenvalue weighted by Gasteiger charge is -2.25. The van der Waals surface area contributed by atoms with E-state index in [1.165, 1.54) is 6.07 Å². The van der Waals surface area contributed by atoms with Crippen LogP contribution < -0.4 is 0 Å². The van der Waals surface area contributed by atoms with Crippen molar-refractivity contribution in [3.05, 3.63) is 59.9 Å². The van der Waals surface area contributed by atoms with Gasteiger partial charge >= 0.3 is 5.97 Å². The minimum atomic E-state index is -1.72. The summed E-state index contributed by atoms with van der Waals surface area (Å²) in [6, 6.07) is 13.6. The topological polar surface area (TPSA) is 116 Å². The van der Waals surface area contributed by atoms with Gasteiger partial charge in [0.1, 0.15) is 18.0 Å². The summed E-state index contributed by atoms with van der Waals surface area (Å²) >= 11 is 0. The van der Waals surface area contributed by atoms with Gasteiger partial charge in [0.2, 0.25) is 0 Å². The summed E-state index contributed by atoms with van der Waals surface area (Å²) in [5, 5.41) is 38.5. The van der Waals surface area contributed by atoms with Crippen molar-refractivity contribution in [1.29, 1.82) is 0 Å². The fraction of sp³-hybridized carbons (Fsp3) is 0.409. The number of ether oxygens (including phenoxy) is 2. The molecule has 2 rings (SSSR count). The Balaban J connectivity index is 1.91. The SMILES string of the molecule is CO[C@H](O)[C@@H](O)C(O)[C@@H](O)CCOC(=O)C(C)c1ccc(-c2ccccc2)c(F)c1. The van der Waals surface area contributed by atoms with Crippen molar-refractivity contribution in [3.63, 3.8) is 0 Å². The van der Waals surface area contributed by atoms with Crippen molar-refractivity contribution >= 4 is 5.97 Å². The molecule has 0 aromatic heterocycles. The third kappa shape index (κ3) is 6.07. The van der Waals surface area contributed by atoms with E-state index in [0.29, 0.717) is 11.1 Å². The van der Waals surface area contributed by atoms with Crippen LogP contribution in [0.15, 0.2) is 48.5 Å². The summed E-state index contributed by atoms with van der Waals surface area (Å²) in [5.74, 6) is -1.82. The first-order valence-electron chi connectivity index (χ1n) is 9.52. The second kappa shape index (κ2) is 11.1. The number of carbonyl (C=O) groups excluding carboxylic acids is 1. The standard InChI is InChI=1S/C22H27FO7/c1-13(15-8-9-16(17(23)12-15)14-6-4-3-5-7-14)21(27)30-11-10-18(24)19(25)20(26)22(28)29-2/h3-9,12-13,18-20,22,24-26,28H,10-11H2,1-2H3/t13?,18-,19?,20-,22-/m0/s1. The van der Waals surface area contributed by atoms with Crippen molar-refractivity contribution in [2.45, 2.75) is 43.9 Å². The van der Waals surface area contributed by atoms with Gasteiger partial charge in [0.05, 0.1) is 18.6 Å². The molecule has 2 unspecified atom stereocenters. The summed E-state index contributed by atoms with van der Waals surface area (Å²) < 4.78 is 24.1. The second-order valence-corrected chi connectivity index (χ2v) is 6.96. The fourth-order valence-electron chi connectivity index (χ4n) is 2.90. The number of esters is 1. The largest absolute Gasteiger partial charge is 0.465 e. The highest BCUT2D eigenvalue weighted by atomic mass is 19.1. The van der Waals surface area contributed by atoms with E-state index in [0.717, 1.165) is 12.7 Å². The molecule has 8 heteroatoms. The zero-order valence-corrected chi connectivity index (χ0v) is 16.8. The van der Waals surface area contributed by atoms with Crippen LogP contribution in [0.4, 0.5) is 4.39 Å². The smallest absolute Gasteiger partial charge is 0.313 e. The van der Waals surface area contributed by atoms with Crippen LogP contribution in [0.2, 0.25) is 0 Å². The van der Waals surface area contributed by atoms with E-state index in [1.807, 2.05) is 18.2 Å². The Hall–Kier alpha value is -2.36. The summed E-state index contributed by atoms with van der Waals surface area (Å²) in [6.45, 7) is 1.34. The van der Waals surface area contributed by atoms with E-state index in [9.17, 15) is 29.6 Å². The molecular formula is C22H27FO7. The van der Waals surface area contributed by atoms with Crippen LogP contribution >= 0.6 is 0 Å². The molecule has 0 aliphatic carbocycles. The third-order valence-electron chi connectivity index (χ3n) is 4.87. The maximum Gasteiger partial charge on any atom is 0.313 e. The van der Waals surface area contributed by atoms with E-state index in [2.05, 4.69) is 4.74 Å². The Kier molecular flexibility index (Phi) is 8.88. The first kappa shape index (κ1) is 23.9. The molecule has 5 atom stereocenters. The average molecular weight is 422 g/mol. The molecule has 30 heavy (non-hydrogen) atoms. The van der Waals surface area contributed by atoms with Gasteiger partial charge in [0, 0.05) is 19.1 Å². The molecule has 0 aliphatic rings. The number of aliphatic hydroxyl groups is 4. The second-order valence-electron chi connectivity index (χ2n) is 6.96. The highest BCUT2D eigenvalue weighted by Gasteiger charge is 2.30. The lowest BCUT2D eigenvalue weighted by Crippen LogP contribution is -2.45. The van der Waals surface area contributed by atoms with Gasteiger partial charge in [-0.2, -0.15) is 0 Å². The number of hydrogen-bond acceptors (Lipinski definition) is 7. The van der Waals surface area contributed by atoms with E-state index >= 15 is 0 Å². The lowest BCUT2D eigenvalue weighted by molar-refractivity contribution is -0.192. The van der Waals surface area contributed by atoms with E-state index in [-0.39, 0.29) is 13.0 Å². The summed E-state index contributed by atoms with van der Waals surface area (Å²) in [5.41, 5.74) is 1.59. The number of hydrogen-bond donors (Lipinski definition) is 4. The highest BCUT2D eigenvalue weighted by molar-refractivity contribution is 5.78. The third-order valence-corrected chi connectivity index (χ3v) is 4.87. The summed E-state index contributed by atoms with van der Waals surface area (Å²) in [6.07, 6.45) is -6.68. The minimum absolute atomic E-state index is 0.172. The summed E-state index contributed by atoms with van der Waals surface area (Å²) in [7, 11) is 1.13. The minimum Gasteiger partial charge on any atom is -0.465 e. The summed E-state index contributed by atoms with van der Waals surface area (Å²) in [4.78, 5) is 12.3. The zero-order chi connectivity index (χ0) is 22.3. The molecule has 0 radical (unpaired) electrons. The fourth-order valence-corrected chi connectivity index (χ4v) is 2.90. The van der Waals surface area contributed by atoms with E-state index < -0.39 is 42.3 Å². The maximum absolute atomic E-state index is 14.5. The van der Waals surface area contributed by atoms with Gasteiger partial charge in [-0.25, -0.2) is 4.39 Å². The van der Waals surface area contributed by atoms with Crippen molar-refractivity contribution in [2.24, 2.45) is 0 Å². The number of aliphatic hydroxyl groups excluding tert-OH is 4. The van der Waals surface area contributed by atoms with Crippen LogP contribution in [-0.4, -0.2) is 64.7 Å². The predicted molar refractivity (Wildman–Crippen MR) is 107 cm³/mol. The Morgan fingerprint density at radius 1 is 1.03 bits per heavy atom. The molecule has 0 aliphatic heterocycles. The molecule has 0 heterocycles. The molecule has 0 bridgehead atoms. The van der Waals surface area contributed by atoms with Crippen LogP contribution in [0.1, 0.15) is 24.8 Å². The number of benzene rings is 2. The normalized spacial score (nSPS) is 16.4. The van der Waals surface area contributed by atoms with Crippen molar-refractivity contribution in [2.75, 3.05) is 13.7 Å². The molecule has 0 amide bonds. The van der Waals surface area contributed by atoms with E-state index in [1.54, 1.807) is 31.2 Å². The predicted octanol–water partition coefficient (Wildman–Crippen LogP) is 1.58. The van der Waals surface area contributed by atoms with Crippen LogP contribution in [0.5, 0.6) is 0 Å². The lowest BCUT2D eigenvalue weighted by atomic mass is 9.97. The molecule has 7 nitrogen and oxygen atoms in total. The van der Waals surface area contributed by atoms with Gasteiger partial charge in [0.15, 0.2) is 6.29 Å². The van der Waals surface area contributed by atoms with Crippen LogP contribution in [-0.2, 0) is 14.3 Å².